The van der Waals surface area contributed by atoms with Crippen LogP contribution in [-0.4, -0.2) is 35.4 Å². The average Bonchev–Trinajstić information content (AvgIpc) is 3.12. The van der Waals surface area contributed by atoms with Gasteiger partial charge >= 0.3 is 12.3 Å². The van der Waals surface area contributed by atoms with Crippen molar-refractivity contribution in [3.63, 3.8) is 0 Å². The largest absolute Gasteiger partial charge is 0.453 e. The van der Waals surface area contributed by atoms with E-state index in [9.17, 15) is 18.0 Å². The van der Waals surface area contributed by atoms with Crippen LogP contribution in [0.2, 0.25) is 0 Å². The van der Waals surface area contributed by atoms with Gasteiger partial charge in [-0.3, -0.25) is 5.32 Å². The number of halogens is 3. The van der Waals surface area contributed by atoms with Gasteiger partial charge in [0, 0.05) is 23.1 Å². The lowest BCUT2D eigenvalue weighted by Crippen LogP contribution is -2.36. The molecule has 0 fully saturated rings. The lowest BCUT2D eigenvalue weighted by atomic mass is 10.0. The number of anilines is 2. The highest BCUT2D eigenvalue weighted by Gasteiger charge is 2.39. The zero-order valence-electron chi connectivity index (χ0n) is 15.3. The maximum Gasteiger partial charge on any atom is 0.411 e. The van der Waals surface area contributed by atoms with Crippen molar-refractivity contribution in [2.45, 2.75) is 43.9 Å². The third-order valence-electron chi connectivity index (χ3n) is 4.66. The number of nitrogens with zero attached hydrogens (tertiary/aromatic N) is 1. The fourth-order valence-corrected chi connectivity index (χ4v) is 3.15. The predicted octanol–water partition coefficient (Wildman–Crippen LogP) is 4.17. The summed E-state index contributed by atoms with van der Waals surface area (Å²) in [6, 6.07) is 2.51. The van der Waals surface area contributed by atoms with E-state index in [4.69, 9.17) is 5.73 Å². The number of alkyl halides is 3. The minimum Gasteiger partial charge on any atom is -0.453 e. The Balaban J connectivity index is 2.05. The summed E-state index contributed by atoms with van der Waals surface area (Å²) in [7, 11) is 1.20. The first-order chi connectivity index (χ1) is 13.3. The molecule has 1 aliphatic rings. The van der Waals surface area contributed by atoms with Crippen LogP contribution in [0.3, 0.4) is 0 Å². The van der Waals surface area contributed by atoms with Gasteiger partial charge in [0.2, 0.25) is 0 Å². The number of hydrogen-bond donors (Lipinski definition) is 4. The minimum absolute atomic E-state index is 0.0801. The number of benzene rings is 1. The van der Waals surface area contributed by atoms with Gasteiger partial charge in [-0.2, -0.15) is 13.2 Å². The molecule has 2 bridgehead atoms. The van der Waals surface area contributed by atoms with Crippen LogP contribution in [0.1, 0.15) is 37.5 Å². The summed E-state index contributed by atoms with van der Waals surface area (Å²) in [5.41, 5.74) is 7.56. The molecular weight excluding hydrogens is 375 g/mol. The van der Waals surface area contributed by atoms with Gasteiger partial charge in [0.1, 0.15) is 11.9 Å². The number of ether oxygens (including phenoxy) is 1. The molecule has 0 spiro atoms. The molecule has 1 aromatic heterocycles. The Hall–Kier alpha value is -2.75. The number of imidazole rings is 1. The van der Waals surface area contributed by atoms with E-state index in [-0.39, 0.29) is 18.2 Å². The van der Waals surface area contributed by atoms with Gasteiger partial charge in [0.25, 0.3) is 0 Å². The second-order valence-corrected chi connectivity index (χ2v) is 6.68. The van der Waals surface area contributed by atoms with Gasteiger partial charge in [0.15, 0.2) is 0 Å². The summed E-state index contributed by atoms with van der Waals surface area (Å²) in [4.78, 5) is 18.9. The molecule has 1 aliphatic heterocycles. The standard InChI is InChI=1S/C18H22F3N5O2/c1-28-17(27)24-10-6-7-11-13(8-10)25-15(18(19,20)21)5-3-2-4-12(22)16-23-9-14(11)26-16/h6-9,12,15,25H,2-5,22H2,1H3,(H,23,26)(H,24,27)/t12-,15+/m0/s1. The highest BCUT2D eigenvalue weighted by atomic mass is 19.4. The lowest BCUT2D eigenvalue weighted by molar-refractivity contribution is -0.144. The predicted molar refractivity (Wildman–Crippen MR) is 98.9 cm³/mol. The summed E-state index contributed by atoms with van der Waals surface area (Å²) in [5.74, 6) is 0.589. The Morgan fingerprint density at radius 3 is 2.79 bits per heavy atom. The molecule has 28 heavy (non-hydrogen) atoms. The zero-order valence-corrected chi connectivity index (χ0v) is 15.3. The Morgan fingerprint density at radius 1 is 1.32 bits per heavy atom. The SMILES string of the molecule is COC(=O)Nc1ccc2c(c1)N[C@@H](C(F)(F)F)CCCC[C@H](N)c1nc-2c[nH]1. The van der Waals surface area contributed by atoms with Crippen molar-refractivity contribution < 1.29 is 22.7 Å². The molecule has 152 valence electrons. The van der Waals surface area contributed by atoms with Gasteiger partial charge in [0.05, 0.1) is 18.8 Å². The van der Waals surface area contributed by atoms with Crippen molar-refractivity contribution >= 4 is 17.5 Å². The Kier molecular flexibility index (Phi) is 5.78. The van der Waals surface area contributed by atoms with Crippen molar-refractivity contribution in [2.75, 3.05) is 17.7 Å². The number of methoxy groups -OCH3 is 1. The first kappa shape index (κ1) is 20.0. The van der Waals surface area contributed by atoms with Crippen LogP contribution in [0.15, 0.2) is 24.4 Å². The second-order valence-electron chi connectivity index (χ2n) is 6.68. The number of H-pyrrole nitrogens is 1. The van der Waals surface area contributed by atoms with Crippen LogP contribution in [0.5, 0.6) is 0 Å². The van der Waals surface area contributed by atoms with E-state index in [1.54, 1.807) is 18.3 Å². The van der Waals surface area contributed by atoms with E-state index in [1.807, 2.05) is 0 Å². The van der Waals surface area contributed by atoms with E-state index in [1.165, 1.54) is 13.2 Å². The normalized spacial score (nSPS) is 20.2. The van der Waals surface area contributed by atoms with E-state index in [2.05, 4.69) is 25.3 Å². The number of carbonyl (C=O) groups is 1. The summed E-state index contributed by atoms with van der Waals surface area (Å²) < 4.78 is 45.2. The summed E-state index contributed by atoms with van der Waals surface area (Å²) in [6.07, 6.45) is -2.13. The molecule has 1 amide bonds. The maximum atomic E-state index is 13.6. The fourth-order valence-electron chi connectivity index (χ4n) is 3.15. The Labute approximate surface area is 159 Å². The van der Waals surface area contributed by atoms with Gasteiger partial charge in [-0.25, -0.2) is 9.78 Å². The molecule has 3 rings (SSSR count). The molecule has 1 aromatic carbocycles. The smallest absolute Gasteiger partial charge is 0.411 e. The number of amides is 1. The van der Waals surface area contributed by atoms with Crippen molar-refractivity contribution in [1.29, 1.82) is 0 Å². The van der Waals surface area contributed by atoms with E-state index < -0.39 is 18.3 Å². The van der Waals surface area contributed by atoms with Crippen LogP contribution >= 0.6 is 0 Å². The van der Waals surface area contributed by atoms with Crippen LogP contribution in [0, 0.1) is 0 Å². The molecule has 7 nitrogen and oxygen atoms in total. The number of aromatic nitrogens is 2. The molecule has 0 radical (unpaired) electrons. The number of nitrogens with one attached hydrogen (secondary N) is 3. The van der Waals surface area contributed by atoms with Gasteiger partial charge in [-0.15, -0.1) is 0 Å². The molecule has 2 aromatic rings. The van der Waals surface area contributed by atoms with Crippen molar-refractivity contribution in [1.82, 2.24) is 9.97 Å². The minimum atomic E-state index is -4.42. The number of rotatable bonds is 1. The average molecular weight is 397 g/mol. The molecule has 0 saturated heterocycles. The Morgan fingerprint density at radius 2 is 2.07 bits per heavy atom. The highest BCUT2D eigenvalue weighted by Crippen LogP contribution is 2.35. The maximum absolute atomic E-state index is 13.6. The fraction of sp³-hybridized carbons (Fsp3) is 0.444. The number of aromatic amines is 1. The number of nitrogens with two attached hydrogens (primary N) is 1. The third kappa shape index (κ3) is 4.56. The second kappa shape index (κ2) is 8.09. The summed E-state index contributed by atoms with van der Waals surface area (Å²) in [6.45, 7) is 0. The molecule has 0 saturated carbocycles. The topological polar surface area (TPSA) is 105 Å². The molecule has 2 heterocycles. The summed E-state index contributed by atoms with van der Waals surface area (Å²) in [5, 5.41) is 5.05. The van der Waals surface area contributed by atoms with Crippen LogP contribution in [0.25, 0.3) is 11.3 Å². The third-order valence-corrected chi connectivity index (χ3v) is 4.66. The molecule has 2 atom stereocenters. The molecule has 10 heteroatoms. The van der Waals surface area contributed by atoms with Crippen LogP contribution < -0.4 is 16.4 Å². The van der Waals surface area contributed by atoms with Gasteiger partial charge in [-0.05, 0) is 31.0 Å². The molecular formula is C18H22F3N5O2. The zero-order chi connectivity index (χ0) is 20.3. The first-order valence-corrected chi connectivity index (χ1v) is 8.91. The lowest BCUT2D eigenvalue weighted by Gasteiger charge is -2.25. The number of carbonyl (C=O) groups excluding carboxylic acids is 1. The molecule has 0 unspecified atom stereocenters. The molecule has 5 N–H and O–H groups in total. The highest BCUT2D eigenvalue weighted by molar-refractivity contribution is 5.88. The monoisotopic (exact) mass is 397 g/mol. The van der Waals surface area contributed by atoms with Gasteiger partial charge < -0.3 is 20.8 Å². The quantitative estimate of drug-likeness (QED) is 0.578. The van der Waals surface area contributed by atoms with E-state index in [0.29, 0.717) is 42.0 Å². The first-order valence-electron chi connectivity index (χ1n) is 8.91. The van der Waals surface area contributed by atoms with Crippen molar-refractivity contribution in [3.8, 4) is 11.3 Å². The Bertz CT molecular complexity index is 837. The van der Waals surface area contributed by atoms with Crippen molar-refractivity contribution in [2.24, 2.45) is 5.73 Å². The van der Waals surface area contributed by atoms with Crippen LogP contribution in [-0.2, 0) is 4.74 Å². The van der Waals surface area contributed by atoms with E-state index in [0.717, 1.165) is 0 Å². The molecule has 0 aliphatic carbocycles. The van der Waals surface area contributed by atoms with E-state index >= 15 is 0 Å². The number of fused-ring (bicyclic) bond motifs is 4. The van der Waals surface area contributed by atoms with Crippen molar-refractivity contribution in [3.05, 3.63) is 30.2 Å². The van der Waals surface area contributed by atoms with Crippen LogP contribution in [0.4, 0.5) is 29.3 Å². The summed E-state index contributed by atoms with van der Waals surface area (Å²) >= 11 is 0. The van der Waals surface area contributed by atoms with Gasteiger partial charge in [-0.1, -0.05) is 12.8 Å². The number of hydrogen-bond acceptors (Lipinski definition) is 5.